The van der Waals surface area contributed by atoms with Gasteiger partial charge in [-0.15, -0.1) is 0 Å². The smallest absolute Gasteiger partial charge is 1.00 e. The maximum Gasteiger partial charge on any atom is 2.00 e. The third-order valence-corrected chi connectivity index (χ3v) is 0. The van der Waals surface area contributed by atoms with Gasteiger partial charge in [-0.1, -0.05) is 0 Å². The molecule has 0 saturated heterocycles. The number of carbonyl (C=O) groups excluding carboxylic acids is 1. The summed E-state index contributed by atoms with van der Waals surface area (Å²) in [6.07, 6.45) is 0. The van der Waals surface area contributed by atoms with Gasteiger partial charge in [0.2, 0.25) is 0 Å². The SMILES string of the molecule is CC(=O)[O-].[H-].[H-].[K+].[Mg+2]. The molecule has 0 aliphatic heterocycles. The molecule has 0 aromatic heterocycles. The van der Waals surface area contributed by atoms with Crippen molar-refractivity contribution in [1.82, 2.24) is 0 Å². The second-order valence-electron chi connectivity index (χ2n) is 0.492. The zero-order valence-electron chi connectivity index (χ0n) is 6.02. The summed E-state index contributed by atoms with van der Waals surface area (Å²) in [7, 11) is 0. The van der Waals surface area contributed by atoms with E-state index in [0.717, 1.165) is 6.92 Å². The van der Waals surface area contributed by atoms with E-state index in [1.165, 1.54) is 0 Å². The Hall–Kier alpha value is 1.87. The molecule has 0 fully saturated rings. The topological polar surface area (TPSA) is 40.1 Å². The van der Waals surface area contributed by atoms with Gasteiger partial charge in [-0.25, -0.2) is 0 Å². The summed E-state index contributed by atoms with van der Waals surface area (Å²) in [6, 6.07) is 0. The van der Waals surface area contributed by atoms with Crippen molar-refractivity contribution in [3.8, 4) is 0 Å². The number of carboxylic acid groups (broad SMARTS) is 1. The van der Waals surface area contributed by atoms with E-state index in [0.29, 0.717) is 0 Å². The molecule has 0 saturated carbocycles. The number of hydrogen-bond acceptors (Lipinski definition) is 2. The van der Waals surface area contributed by atoms with Gasteiger partial charge in [0.1, 0.15) is 0 Å². The Morgan fingerprint density at radius 3 is 1.83 bits per heavy atom. The number of aliphatic carboxylic acids is 1. The largest absolute Gasteiger partial charge is 2.00 e. The van der Waals surface area contributed by atoms with Crippen molar-refractivity contribution in [1.29, 1.82) is 0 Å². The van der Waals surface area contributed by atoms with Crippen LogP contribution < -0.4 is 56.5 Å². The fourth-order valence-corrected chi connectivity index (χ4v) is 0. The van der Waals surface area contributed by atoms with Crippen molar-refractivity contribution in [2.75, 3.05) is 0 Å². The van der Waals surface area contributed by atoms with E-state index in [9.17, 15) is 0 Å². The molecule has 0 aliphatic carbocycles. The van der Waals surface area contributed by atoms with Gasteiger partial charge in [-0.05, 0) is 6.92 Å². The first-order valence-corrected chi connectivity index (χ1v) is 0.908. The van der Waals surface area contributed by atoms with Gasteiger partial charge in [0.25, 0.3) is 0 Å². The zero-order valence-corrected chi connectivity index (χ0v) is 8.56. The second kappa shape index (κ2) is 9.98. The predicted octanol–water partition coefficient (Wildman–Crippen LogP) is -4.40. The predicted molar refractivity (Wildman–Crippen MR) is 18.7 cm³/mol. The van der Waals surface area contributed by atoms with Gasteiger partial charge >= 0.3 is 74.4 Å². The molecule has 0 aromatic rings. The van der Waals surface area contributed by atoms with Crippen LogP contribution in [0.15, 0.2) is 0 Å². The molecule has 0 radical (unpaired) electrons. The molecule has 0 rings (SSSR count). The Kier molecular flexibility index (Phi) is 26.1. The van der Waals surface area contributed by atoms with Gasteiger partial charge in [-0.2, -0.15) is 0 Å². The molecule has 0 aromatic carbocycles. The van der Waals surface area contributed by atoms with Crippen LogP contribution in [0.4, 0.5) is 0 Å². The summed E-state index contributed by atoms with van der Waals surface area (Å²) in [5.41, 5.74) is 0. The quantitative estimate of drug-likeness (QED) is 0.306. The molecule has 0 spiro atoms. The minimum Gasteiger partial charge on any atom is -1.00 e. The van der Waals surface area contributed by atoms with Crippen LogP contribution in [-0.4, -0.2) is 29.0 Å². The molecule has 0 atom stereocenters. The molecule has 0 amide bonds. The average Bonchev–Trinajstić information content (AvgIpc) is 0.811. The fraction of sp³-hybridized carbons (Fsp3) is 0.500. The summed E-state index contributed by atoms with van der Waals surface area (Å²) in [4.78, 5) is 8.89. The van der Waals surface area contributed by atoms with Crippen LogP contribution in [0.2, 0.25) is 0 Å². The molecule has 0 heterocycles. The molecule has 0 aliphatic rings. The van der Waals surface area contributed by atoms with Crippen LogP contribution in [0.1, 0.15) is 9.78 Å². The number of hydrogen-bond donors (Lipinski definition) is 0. The van der Waals surface area contributed by atoms with Crippen LogP contribution in [0, 0.1) is 0 Å². The summed E-state index contributed by atoms with van der Waals surface area (Å²) in [5, 5.41) is 8.89. The summed E-state index contributed by atoms with van der Waals surface area (Å²) >= 11 is 0. The van der Waals surface area contributed by atoms with E-state index in [4.69, 9.17) is 9.90 Å². The van der Waals surface area contributed by atoms with Crippen molar-refractivity contribution in [3.63, 3.8) is 0 Å². The third-order valence-electron chi connectivity index (χ3n) is 0. The van der Waals surface area contributed by atoms with Crippen molar-refractivity contribution < 1.29 is 64.1 Å². The first kappa shape index (κ1) is 15.7. The normalized spacial score (nSPS) is 4.17. The molecule has 2 nitrogen and oxygen atoms in total. The molecule has 6 heavy (non-hydrogen) atoms. The molecule has 0 bridgehead atoms. The Bertz CT molecular complexity index is 41.0. The minimum absolute atomic E-state index is 0. The Morgan fingerprint density at radius 2 is 1.83 bits per heavy atom. The van der Waals surface area contributed by atoms with Crippen LogP contribution in [0.25, 0.3) is 0 Å². The van der Waals surface area contributed by atoms with E-state index in [-0.39, 0.29) is 77.3 Å². The van der Waals surface area contributed by atoms with Crippen molar-refractivity contribution in [2.24, 2.45) is 0 Å². The molecule has 28 valence electrons. The zero-order chi connectivity index (χ0) is 3.58. The van der Waals surface area contributed by atoms with Crippen LogP contribution in [-0.2, 0) is 4.79 Å². The van der Waals surface area contributed by atoms with E-state index in [1.807, 2.05) is 0 Å². The number of rotatable bonds is 0. The minimum atomic E-state index is -1.08. The van der Waals surface area contributed by atoms with Crippen molar-refractivity contribution >= 4 is 29.0 Å². The number of carboxylic acids is 1. The summed E-state index contributed by atoms with van der Waals surface area (Å²) < 4.78 is 0. The van der Waals surface area contributed by atoms with Crippen LogP contribution >= 0.6 is 0 Å². The van der Waals surface area contributed by atoms with E-state index < -0.39 is 5.97 Å². The van der Waals surface area contributed by atoms with E-state index in [2.05, 4.69) is 0 Å². The van der Waals surface area contributed by atoms with E-state index in [1.54, 1.807) is 0 Å². The third kappa shape index (κ3) is 39.8. The average molecular weight is 124 g/mol. The van der Waals surface area contributed by atoms with Crippen molar-refractivity contribution in [3.05, 3.63) is 0 Å². The number of carbonyl (C=O) groups is 1. The maximum atomic E-state index is 8.89. The van der Waals surface area contributed by atoms with E-state index >= 15 is 0 Å². The second-order valence-corrected chi connectivity index (χ2v) is 0.492. The maximum absolute atomic E-state index is 8.89. The van der Waals surface area contributed by atoms with Gasteiger partial charge in [-0.3, -0.25) is 0 Å². The van der Waals surface area contributed by atoms with Gasteiger partial charge in [0.05, 0.1) is 0 Å². The molecule has 4 heteroatoms. The van der Waals surface area contributed by atoms with Gasteiger partial charge in [0, 0.05) is 5.97 Å². The Balaban J connectivity index is -0.00000000750. The molecule has 0 N–H and O–H groups in total. The first-order valence-electron chi connectivity index (χ1n) is 0.908. The van der Waals surface area contributed by atoms with Gasteiger partial charge < -0.3 is 12.8 Å². The molecular formula is C2H5KMgO2. The Labute approximate surface area is 98.2 Å². The Morgan fingerprint density at radius 1 is 1.83 bits per heavy atom. The van der Waals surface area contributed by atoms with Crippen molar-refractivity contribution in [2.45, 2.75) is 6.92 Å². The fourth-order valence-electron chi connectivity index (χ4n) is 0. The van der Waals surface area contributed by atoms with Gasteiger partial charge in [0.15, 0.2) is 0 Å². The standard InChI is InChI=1S/C2H4O2.K.Mg.2H/c1-2(3)4;;;;/h1H3,(H,3,4);;;;/q;+1;+2;2*-1/p-1. The molecular weight excluding hydrogens is 119 g/mol. The molecule has 0 unspecified atom stereocenters. The van der Waals surface area contributed by atoms with Crippen LogP contribution in [0.5, 0.6) is 0 Å². The monoisotopic (exact) mass is 124 g/mol. The van der Waals surface area contributed by atoms with Crippen LogP contribution in [0.3, 0.4) is 0 Å². The summed E-state index contributed by atoms with van der Waals surface area (Å²) in [5.74, 6) is -1.08. The first-order chi connectivity index (χ1) is 1.73. The summed E-state index contributed by atoms with van der Waals surface area (Å²) in [6.45, 7) is 0.972.